The minimum absolute atomic E-state index is 0.0694. The smallest absolute Gasteiger partial charge is 0.253 e. The van der Waals surface area contributed by atoms with Crippen LogP contribution in [-0.4, -0.2) is 54.7 Å². The van der Waals surface area contributed by atoms with Crippen molar-refractivity contribution in [2.24, 2.45) is 0 Å². The van der Waals surface area contributed by atoms with Crippen LogP contribution in [0.3, 0.4) is 0 Å². The molecule has 1 aliphatic rings. The largest absolute Gasteiger partial charge is 0.336 e. The molecule has 4 rings (SSSR count). The number of hydrogen-bond donors (Lipinski definition) is 0. The molecule has 0 radical (unpaired) electrons. The number of sulfonamides is 1. The van der Waals surface area contributed by atoms with Gasteiger partial charge < -0.3 is 4.90 Å². The normalized spacial score (nSPS) is 15.8. The molecule has 2 heterocycles. The molecule has 1 saturated heterocycles. The lowest BCUT2D eigenvalue weighted by molar-refractivity contribution is 0.0698. The van der Waals surface area contributed by atoms with Crippen molar-refractivity contribution in [3.05, 3.63) is 58.1 Å². The van der Waals surface area contributed by atoms with Crippen LogP contribution in [0.15, 0.2) is 40.7 Å². The predicted octanol–water partition coefficient (Wildman–Crippen LogP) is 3.37. The molecule has 0 bridgehead atoms. The summed E-state index contributed by atoms with van der Waals surface area (Å²) in [5.74, 6) is -0.0694. The predicted molar refractivity (Wildman–Crippen MR) is 115 cm³/mol. The van der Waals surface area contributed by atoms with Gasteiger partial charge in [-0.25, -0.2) is 13.4 Å². The first kappa shape index (κ1) is 20.0. The molecular weight excluding hydrogens is 406 g/mol. The number of aromatic nitrogens is 1. The zero-order chi connectivity index (χ0) is 20.8. The molecule has 0 unspecified atom stereocenters. The standard InChI is InChI=1S/C21H23N3O3S2/c1-14-10-15(2)20(16(3)11-14)29(26,27)24-8-6-23(7-9-24)21(25)17-4-5-18-19(12-17)28-13-22-18/h4-5,10-13H,6-9H2,1-3H3. The fraction of sp³-hybridized carbons (Fsp3) is 0.333. The molecule has 1 amide bonds. The molecule has 1 aromatic heterocycles. The number of hydrogen-bond acceptors (Lipinski definition) is 5. The lowest BCUT2D eigenvalue weighted by Crippen LogP contribution is -2.50. The molecule has 3 aromatic rings. The van der Waals surface area contributed by atoms with Crippen LogP contribution in [0.2, 0.25) is 0 Å². The summed E-state index contributed by atoms with van der Waals surface area (Å²) < 4.78 is 28.9. The van der Waals surface area contributed by atoms with E-state index >= 15 is 0 Å². The first-order valence-corrected chi connectivity index (χ1v) is 11.8. The van der Waals surface area contributed by atoms with Crippen molar-refractivity contribution in [3.8, 4) is 0 Å². The number of fused-ring (bicyclic) bond motifs is 1. The Hall–Kier alpha value is -2.29. The molecule has 0 N–H and O–H groups in total. The van der Waals surface area contributed by atoms with Gasteiger partial charge in [0, 0.05) is 31.7 Å². The van der Waals surface area contributed by atoms with Crippen molar-refractivity contribution in [2.75, 3.05) is 26.2 Å². The molecule has 0 spiro atoms. The molecule has 0 atom stereocenters. The molecular formula is C21H23N3O3S2. The zero-order valence-corrected chi connectivity index (χ0v) is 18.3. The van der Waals surface area contributed by atoms with E-state index in [0.717, 1.165) is 26.9 Å². The Morgan fingerprint density at radius 2 is 1.66 bits per heavy atom. The zero-order valence-electron chi connectivity index (χ0n) is 16.7. The first-order chi connectivity index (χ1) is 13.8. The highest BCUT2D eigenvalue weighted by Crippen LogP contribution is 2.26. The van der Waals surface area contributed by atoms with Gasteiger partial charge in [-0.15, -0.1) is 11.3 Å². The number of carbonyl (C=O) groups is 1. The second kappa shape index (κ2) is 7.51. The molecule has 6 nitrogen and oxygen atoms in total. The maximum absolute atomic E-state index is 13.2. The third kappa shape index (κ3) is 3.68. The van der Waals surface area contributed by atoms with Crippen LogP contribution in [0.5, 0.6) is 0 Å². The fourth-order valence-corrected chi connectivity index (χ4v) is 6.56. The maximum atomic E-state index is 13.2. The van der Waals surface area contributed by atoms with Crippen LogP contribution in [0.25, 0.3) is 10.2 Å². The van der Waals surface area contributed by atoms with E-state index in [1.165, 1.54) is 15.6 Å². The Bertz CT molecular complexity index is 1170. The van der Waals surface area contributed by atoms with Gasteiger partial charge >= 0.3 is 0 Å². The van der Waals surface area contributed by atoms with Crippen LogP contribution >= 0.6 is 11.3 Å². The molecule has 1 fully saturated rings. The Balaban J connectivity index is 1.51. The second-order valence-electron chi connectivity index (χ2n) is 7.46. The summed E-state index contributed by atoms with van der Waals surface area (Å²) in [4.78, 5) is 19.2. The van der Waals surface area contributed by atoms with Crippen molar-refractivity contribution >= 4 is 37.5 Å². The third-order valence-electron chi connectivity index (χ3n) is 5.31. The van der Waals surface area contributed by atoms with Gasteiger partial charge in [0.2, 0.25) is 10.0 Å². The number of nitrogens with zero attached hydrogens (tertiary/aromatic N) is 3. The maximum Gasteiger partial charge on any atom is 0.253 e. The van der Waals surface area contributed by atoms with Crippen LogP contribution < -0.4 is 0 Å². The van der Waals surface area contributed by atoms with E-state index in [1.54, 1.807) is 16.5 Å². The van der Waals surface area contributed by atoms with Gasteiger partial charge in [0.05, 0.1) is 20.6 Å². The molecule has 29 heavy (non-hydrogen) atoms. The first-order valence-electron chi connectivity index (χ1n) is 9.48. The van der Waals surface area contributed by atoms with E-state index in [4.69, 9.17) is 0 Å². The van der Waals surface area contributed by atoms with Gasteiger partial charge in [-0.3, -0.25) is 4.79 Å². The minimum atomic E-state index is -3.59. The van der Waals surface area contributed by atoms with Gasteiger partial charge in [-0.05, 0) is 50.1 Å². The average Bonchev–Trinajstić information content (AvgIpc) is 3.14. The van der Waals surface area contributed by atoms with Crippen molar-refractivity contribution < 1.29 is 13.2 Å². The summed E-state index contributed by atoms with van der Waals surface area (Å²) in [7, 11) is -3.59. The summed E-state index contributed by atoms with van der Waals surface area (Å²) >= 11 is 1.50. The molecule has 1 aliphatic heterocycles. The molecule has 0 aliphatic carbocycles. The van der Waals surface area contributed by atoms with E-state index in [2.05, 4.69) is 4.98 Å². The van der Waals surface area contributed by atoms with Crippen molar-refractivity contribution in [1.82, 2.24) is 14.2 Å². The van der Waals surface area contributed by atoms with E-state index < -0.39 is 10.0 Å². The van der Waals surface area contributed by atoms with E-state index in [0.29, 0.717) is 36.6 Å². The summed E-state index contributed by atoms with van der Waals surface area (Å²) in [6, 6.07) is 9.29. The Kier molecular flexibility index (Phi) is 5.18. The van der Waals surface area contributed by atoms with Gasteiger partial charge in [0.15, 0.2) is 0 Å². The van der Waals surface area contributed by atoms with Gasteiger partial charge in [0.1, 0.15) is 0 Å². The van der Waals surface area contributed by atoms with Gasteiger partial charge in [0.25, 0.3) is 5.91 Å². The SMILES string of the molecule is Cc1cc(C)c(S(=O)(=O)N2CCN(C(=O)c3ccc4ncsc4c3)CC2)c(C)c1. The number of benzene rings is 2. The summed E-state index contributed by atoms with van der Waals surface area (Å²) in [6.45, 7) is 6.98. The monoisotopic (exact) mass is 429 g/mol. The fourth-order valence-electron chi connectivity index (χ4n) is 4.01. The molecule has 152 valence electrons. The highest BCUT2D eigenvalue weighted by atomic mass is 32.2. The van der Waals surface area contributed by atoms with Crippen molar-refractivity contribution in [3.63, 3.8) is 0 Å². The van der Waals surface area contributed by atoms with E-state index in [9.17, 15) is 13.2 Å². The van der Waals surface area contributed by atoms with Crippen LogP contribution in [0.4, 0.5) is 0 Å². The molecule has 2 aromatic carbocycles. The number of piperazine rings is 1. The summed E-state index contributed by atoms with van der Waals surface area (Å²) in [5.41, 5.74) is 5.83. The van der Waals surface area contributed by atoms with Crippen LogP contribution in [-0.2, 0) is 10.0 Å². The summed E-state index contributed by atoms with van der Waals surface area (Å²) in [5, 5.41) is 0. The Morgan fingerprint density at radius 1 is 1.00 bits per heavy atom. The number of carbonyl (C=O) groups excluding carboxylic acids is 1. The second-order valence-corrected chi connectivity index (χ2v) is 10.2. The van der Waals surface area contributed by atoms with E-state index in [1.807, 2.05) is 45.0 Å². The number of amides is 1. The Labute approximate surface area is 174 Å². The third-order valence-corrected chi connectivity index (χ3v) is 8.30. The topological polar surface area (TPSA) is 70.6 Å². The molecule has 0 saturated carbocycles. The lowest BCUT2D eigenvalue weighted by atomic mass is 10.1. The highest BCUT2D eigenvalue weighted by Gasteiger charge is 2.32. The van der Waals surface area contributed by atoms with E-state index in [-0.39, 0.29) is 5.91 Å². The summed E-state index contributed by atoms with van der Waals surface area (Å²) in [6.07, 6.45) is 0. The molecule has 8 heteroatoms. The van der Waals surface area contributed by atoms with Crippen molar-refractivity contribution in [2.45, 2.75) is 25.7 Å². The number of thiazole rings is 1. The number of rotatable bonds is 3. The van der Waals surface area contributed by atoms with Crippen molar-refractivity contribution in [1.29, 1.82) is 0 Å². The lowest BCUT2D eigenvalue weighted by Gasteiger charge is -2.34. The highest BCUT2D eigenvalue weighted by molar-refractivity contribution is 7.89. The number of aryl methyl sites for hydroxylation is 3. The Morgan fingerprint density at radius 3 is 2.31 bits per heavy atom. The van der Waals surface area contributed by atoms with Crippen LogP contribution in [0, 0.1) is 20.8 Å². The average molecular weight is 430 g/mol. The van der Waals surface area contributed by atoms with Crippen LogP contribution in [0.1, 0.15) is 27.0 Å². The quantitative estimate of drug-likeness (QED) is 0.640. The minimum Gasteiger partial charge on any atom is -0.336 e. The van der Waals surface area contributed by atoms with Gasteiger partial charge in [-0.1, -0.05) is 17.7 Å². The van der Waals surface area contributed by atoms with Gasteiger partial charge in [-0.2, -0.15) is 4.31 Å².